The van der Waals surface area contributed by atoms with E-state index >= 15 is 4.39 Å². The average molecular weight is 634 g/mol. The third kappa shape index (κ3) is 6.46. The highest BCUT2D eigenvalue weighted by Gasteiger charge is 2.49. The molecule has 1 unspecified atom stereocenters. The molecule has 0 spiro atoms. The predicted octanol–water partition coefficient (Wildman–Crippen LogP) is -0.623. The van der Waals surface area contributed by atoms with E-state index in [1.54, 1.807) is 49.9 Å². The smallest absolute Gasteiger partial charge is 0.548 e. The zero-order valence-corrected chi connectivity index (χ0v) is 24.8. The standard InChI is InChI=1S/C27H30F2N9O5.ClH/c1-4-42-26(40)43-19(3)34-16-31-35(17-34)14-27(41,23-10-5-20(28)13-24(23)29)18(2)36-11-12-37(25(36)39)21-6-8-22(9-7-21)38-15-30-32-33-38;/h5-10,13,15,18-19,41H,4,11-12,14,17H2,1-3H3;1H/q+1;/p-1/t18-,19?,27+;/m1./s1. The normalized spacial score (nSPS) is 17.2. The summed E-state index contributed by atoms with van der Waals surface area (Å²) >= 11 is 0. The van der Waals surface area contributed by atoms with Gasteiger partial charge in [0.05, 0.1) is 24.9 Å². The van der Waals surface area contributed by atoms with Gasteiger partial charge in [0.2, 0.25) is 6.23 Å². The van der Waals surface area contributed by atoms with Crippen LogP contribution in [0.5, 0.6) is 0 Å². The van der Waals surface area contributed by atoms with Crippen LogP contribution >= 0.6 is 0 Å². The third-order valence-corrected chi connectivity index (χ3v) is 7.39. The zero-order valence-electron chi connectivity index (χ0n) is 24.0. The molecule has 2 aliphatic rings. The van der Waals surface area contributed by atoms with Crippen molar-refractivity contribution in [3.8, 4) is 5.69 Å². The van der Waals surface area contributed by atoms with E-state index in [2.05, 4.69) is 27.0 Å². The molecule has 3 heterocycles. The van der Waals surface area contributed by atoms with Gasteiger partial charge in [-0.1, -0.05) is 11.0 Å². The van der Waals surface area contributed by atoms with E-state index in [1.807, 2.05) is 0 Å². The number of halogens is 3. The summed E-state index contributed by atoms with van der Waals surface area (Å²) in [5, 5.41) is 28.8. The van der Waals surface area contributed by atoms with Gasteiger partial charge in [-0.05, 0) is 61.5 Å². The van der Waals surface area contributed by atoms with Gasteiger partial charge in [0.25, 0.3) is 0 Å². The lowest BCUT2D eigenvalue weighted by molar-refractivity contribution is -0.0658. The maximum absolute atomic E-state index is 15.2. The Labute approximate surface area is 257 Å². The van der Waals surface area contributed by atoms with Gasteiger partial charge in [0.1, 0.15) is 28.7 Å². The number of carbonyl (C=O) groups excluding carboxylic acids is 2. The van der Waals surface area contributed by atoms with Gasteiger partial charge in [-0.15, -0.1) is 5.10 Å². The van der Waals surface area contributed by atoms with Gasteiger partial charge in [-0.2, -0.15) is 0 Å². The number of ether oxygens (including phenoxy) is 2. The summed E-state index contributed by atoms with van der Waals surface area (Å²) in [7, 11) is 0. The van der Waals surface area contributed by atoms with Crippen molar-refractivity contribution in [1.82, 2.24) is 35.0 Å². The number of urea groups is 1. The van der Waals surface area contributed by atoms with Gasteiger partial charge < -0.3 is 31.9 Å². The van der Waals surface area contributed by atoms with Crippen molar-refractivity contribution in [2.45, 2.75) is 38.6 Å². The maximum atomic E-state index is 15.2. The number of benzene rings is 2. The van der Waals surface area contributed by atoms with Crippen molar-refractivity contribution < 1.29 is 45.4 Å². The molecular weight excluding hydrogens is 604 g/mol. The van der Waals surface area contributed by atoms with Crippen molar-refractivity contribution in [2.24, 2.45) is 5.10 Å². The summed E-state index contributed by atoms with van der Waals surface area (Å²) in [6, 6.07) is 8.51. The van der Waals surface area contributed by atoms with Crippen LogP contribution in [0.2, 0.25) is 0 Å². The summed E-state index contributed by atoms with van der Waals surface area (Å²) in [5.74, 6) is -1.78. The zero-order chi connectivity index (χ0) is 30.7. The highest BCUT2D eigenvalue weighted by molar-refractivity contribution is 5.94. The average Bonchev–Trinajstić information content (AvgIpc) is 3.75. The van der Waals surface area contributed by atoms with Crippen molar-refractivity contribution >= 4 is 24.2 Å². The second-order valence-electron chi connectivity index (χ2n) is 10.00. The van der Waals surface area contributed by atoms with Gasteiger partial charge in [0, 0.05) is 30.4 Å². The molecule has 1 fully saturated rings. The minimum atomic E-state index is -2.04. The number of hydrogen-bond acceptors (Lipinski definition) is 11. The van der Waals surface area contributed by atoms with Crippen LogP contribution in [0.25, 0.3) is 5.69 Å². The van der Waals surface area contributed by atoms with E-state index in [0.29, 0.717) is 24.0 Å². The highest BCUT2D eigenvalue weighted by atomic mass is 35.5. The number of hydrogen-bond donors (Lipinski definition) is 1. The fourth-order valence-corrected chi connectivity index (χ4v) is 5.03. The van der Waals surface area contributed by atoms with E-state index in [9.17, 15) is 19.1 Å². The lowest BCUT2D eigenvalue weighted by atomic mass is 9.85. The second-order valence-corrected chi connectivity index (χ2v) is 10.00. The first kappa shape index (κ1) is 32.3. The quantitative estimate of drug-likeness (QED) is 0.227. The number of rotatable bonds is 10. The lowest BCUT2D eigenvalue weighted by Gasteiger charge is -2.40. The minimum absolute atomic E-state index is 0. The molecule has 3 atom stereocenters. The Kier molecular flexibility index (Phi) is 9.77. The van der Waals surface area contributed by atoms with Crippen molar-refractivity contribution in [3.05, 3.63) is 66.0 Å². The number of hydrazone groups is 1. The third-order valence-electron chi connectivity index (χ3n) is 7.39. The number of nitrogens with zero attached hydrogens (tertiary/aromatic N) is 9. The number of anilines is 1. The van der Waals surface area contributed by atoms with Crippen LogP contribution in [0.1, 0.15) is 26.3 Å². The molecule has 44 heavy (non-hydrogen) atoms. The topological polar surface area (TPSA) is 142 Å². The Morgan fingerprint density at radius 3 is 2.52 bits per heavy atom. The van der Waals surface area contributed by atoms with Crippen LogP contribution in [0.15, 0.2) is 53.9 Å². The molecule has 2 aromatic carbocycles. The molecule has 3 aromatic rings. The van der Waals surface area contributed by atoms with Gasteiger partial charge in [0.15, 0.2) is 6.67 Å². The molecular formula is C27H30ClF2N9O5. The molecule has 1 saturated heterocycles. The van der Waals surface area contributed by atoms with Crippen molar-refractivity contribution in [2.75, 3.05) is 37.8 Å². The Bertz CT molecular complexity index is 1480. The number of carbonyl (C=O) groups is 2. The first-order chi connectivity index (χ1) is 20.6. The molecule has 17 heteroatoms. The summed E-state index contributed by atoms with van der Waals surface area (Å²) in [4.78, 5) is 29.8. The molecule has 5 rings (SSSR count). The lowest BCUT2D eigenvalue weighted by Crippen LogP contribution is -3.00. The van der Waals surface area contributed by atoms with E-state index < -0.39 is 41.7 Å². The van der Waals surface area contributed by atoms with Crippen LogP contribution in [-0.4, -0.2) is 104 Å². The molecule has 1 aromatic heterocycles. The van der Waals surface area contributed by atoms with Gasteiger partial charge in [-0.25, -0.2) is 28.1 Å². The Morgan fingerprint density at radius 1 is 1.14 bits per heavy atom. The molecule has 234 valence electrons. The van der Waals surface area contributed by atoms with Crippen molar-refractivity contribution in [1.29, 1.82) is 0 Å². The van der Waals surface area contributed by atoms with Gasteiger partial charge in [-0.3, -0.25) is 4.90 Å². The Morgan fingerprint density at radius 2 is 1.86 bits per heavy atom. The largest absolute Gasteiger partial charge is 1.00 e. The summed E-state index contributed by atoms with van der Waals surface area (Å²) in [6.07, 6.45) is 2.48. The second kappa shape index (κ2) is 13.3. The Balaban J connectivity index is 0.00000442. The molecule has 2 aliphatic heterocycles. The summed E-state index contributed by atoms with van der Waals surface area (Å²) < 4.78 is 40.5. The van der Waals surface area contributed by atoms with Crippen LogP contribution < -0.4 is 17.3 Å². The number of aliphatic hydroxyl groups is 1. The highest BCUT2D eigenvalue weighted by Crippen LogP contribution is 2.35. The molecule has 14 nitrogen and oxygen atoms in total. The minimum Gasteiger partial charge on any atom is -1.00 e. The predicted molar refractivity (Wildman–Crippen MR) is 147 cm³/mol. The first-order valence-corrected chi connectivity index (χ1v) is 13.5. The maximum Gasteiger partial charge on any atom is 0.548 e. The van der Waals surface area contributed by atoms with E-state index in [0.717, 1.165) is 12.1 Å². The fraction of sp³-hybridized carbons (Fsp3) is 0.407. The molecule has 0 saturated carbocycles. The van der Waals surface area contributed by atoms with Crippen LogP contribution in [0, 0.1) is 11.6 Å². The van der Waals surface area contributed by atoms with Gasteiger partial charge >= 0.3 is 18.5 Å². The SMILES string of the molecule is CCOC(=O)OC(C)N1[C+]=NN(C[C@@](O)(c2ccc(F)cc2F)[C@@H](C)N2CCN(c3ccc(-n4cnnn4)cc3)C2=O)C1.[Cl-]. The molecule has 0 radical (unpaired) electrons. The van der Waals surface area contributed by atoms with Crippen LogP contribution in [-0.2, 0) is 15.1 Å². The van der Waals surface area contributed by atoms with E-state index in [1.165, 1.54) is 25.8 Å². The van der Waals surface area contributed by atoms with Crippen LogP contribution in [0.3, 0.4) is 0 Å². The fourth-order valence-electron chi connectivity index (χ4n) is 5.03. The summed E-state index contributed by atoms with van der Waals surface area (Å²) in [6.45, 7) is 5.23. The number of amides is 2. The van der Waals surface area contributed by atoms with E-state index in [-0.39, 0.29) is 44.3 Å². The molecule has 0 aliphatic carbocycles. The molecule has 2 amide bonds. The van der Waals surface area contributed by atoms with E-state index in [4.69, 9.17) is 9.47 Å². The first-order valence-electron chi connectivity index (χ1n) is 13.5. The monoisotopic (exact) mass is 633 g/mol. The van der Waals surface area contributed by atoms with Crippen LogP contribution in [0.4, 0.5) is 24.1 Å². The number of tetrazole rings is 1. The summed E-state index contributed by atoms with van der Waals surface area (Å²) in [5.41, 5.74) is -0.938. The Hall–Kier alpha value is -4.66. The molecule has 1 N–H and O–H groups in total. The molecule has 0 bridgehead atoms. The van der Waals surface area contributed by atoms with Crippen molar-refractivity contribution in [3.63, 3.8) is 0 Å². The number of aromatic nitrogens is 4. The number of β-amino-alcohol motifs (C(OH)–C–C–N with tert-alkyl or cyclic N) is 1.